The van der Waals surface area contributed by atoms with Crippen LogP contribution in [0.4, 0.5) is 5.69 Å². The van der Waals surface area contributed by atoms with E-state index in [4.69, 9.17) is 0 Å². The normalized spacial score (nSPS) is 10.7. The minimum absolute atomic E-state index is 0.0932. The summed E-state index contributed by atoms with van der Waals surface area (Å²) in [4.78, 5) is 13.4. The molecular formula is C23H18N2O3. The van der Waals surface area contributed by atoms with E-state index in [0.29, 0.717) is 22.3 Å². The highest BCUT2D eigenvalue weighted by atomic mass is 16.3. The number of benzene rings is 3. The minimum Gasteiger partial charge on any atom is -0.508 e. The van der Waals surface area contributed by atoms with E-state index < -0.39 is 0 Å². The van der Waals surface area contributed by atoms with E-state index in [0.717, 1.165) is 0 Å². The Hall–Kier alpha value is -3.99. The fraction of sp³-hybridized carbons (Fsp3) is 0. The van der Waals surface area contributed by atoms with Crippen LogP contribution in [0.2, 0.25) is 0 Å². The summed E-state index contributed by atoms with van der Waals surface area (Å²) in [5.74, 6) is 0.0141. The third-order valence-electron chi connectivity index (χ3n) is 4.53. The SMILES string of the molecule is C=C(Nc1ccc(O)cc1)c1c(O)c2ccccc2n(-c2ccccc2)c1=O. The van der Waals surface area contributed by atoms with Crippen molar-refractivity contribution < 1.29 is 10.2 Å². The Morgan fingerprint density at radius 2 is 1.50 bits per heavy atom. The molecule has 5 nitrogen and oxygen atoms in total. The zero-order valence-corrected chi connectivity index (χ0v) is 15.0. The van der Waals surface area contributed by atoms with Gasteiger partial charge in [0.05, 0.1) is 5.52 Å². The molecule has 4 aromatic rings. The molecular weight excluding hydrogens is 352 g/mol. The van der Waals surface area contributed by atoms with Gasteiger partial charge in [-0.05, 0) is 48.5 Å². The standard InChI is InChI=1S/C23H18N2O3/c1-15(24-16-11-13-18(26)14-12-16)21-22(27)19-9-5-6-10-20(19)25(23(21)28)17-7-3-2-4-8-17/h2-14,24,26-27H,1H2. The topological polar surface area (TPSA) is 74.5 Å². The molecule has 0 saturated carbocycles. The Balaban J connectivity index is 1.92. The zero-order valence-electron chi connectivity index (χ0n) is 15.0. The summed E-state index contributed by atoms with van der Waals surface area (Å²) in [5, 5.41) is 23.9. The third-order valence-corrected chi connectivity index (χ3v) is 4.53. The smallest absolute Gasteiger partial charge is 0.268 e. The lowest BCUT2D eigenvalue weighted by molar-refractivity contribution is 0.475. The summed E-state index contributed by atoms with van der Waals surface area (Å²) in [5.41, 5.74) is 1.93. The number of nitrogens with zero attached hydrogens (tertiary/aromatic N) is 1. The van der Waals surface area contributed by atoms with Gasteiger partial charge in [-0.1, -0.05) is 36.9 Å². The van der Waals surface area contributed by atoms with Crippen molar-refractivity contribution in [2.24, 2.45) is 0 Å². The van der Waals surface area contributed by atoms with E-state index >= 15 is 0 Å². The van der Waals surface area contributed by atoms with Crippen LogP contribution in [0.5, 0.6) is 11.5 Å². The summed E-state index contributed by atoms with van der Waals surface area (Å²) in [6.07, 6.45) is 0. The van der Waals surface area contributed by atoms with Crippen LogP contribution in [0.3, 0.4) is 0 Å². The van der Waals surface area contributed by atoms with Crippen molar-refractivity contribution in [3.63, 3.8) is 0 Å². The fourth-order valence-corrected chi connectivity index (χ4v) is 3.21. The van der Waals surface area contributed by atoms with Gasteiger partial charge >= 0.3 is 0 Å². The molecule has 28 heavy (non-hydrogen) atoms. The van der Waals surface area contributed by atoms with Crippen LogP contribution in [0.1, 0.15) is 5.56 Å². The van der Waals surface area contributed by atoms with Gasteiger partial charge in [0.1, 0.15) is 17.1 Å². The van der Waals surface area contributed by atoms with Gasteiger partial charge in [0, 0.05) is 22.5 Å². The Morgan fingerprint density at radius 1 is 0.857 bits per heavy atom. The number of pyridine rings is 1. The van der Waals surface area contributed by atoms with E-state index in [1.807, 2.05) is 42.5 Å². The molecule has 0 unspecified atom stereocenters. The number of anilines is 1. The number of nitrogens with one attached hydrogen (secondary N) is 1. The second-order valence-corrected chi connectivity index (χ2v) is 6.37. The van der Waals surface area contributed by atoms with E-state index in [-0.39, 0.29) is 28.3 Å². The van der Waals surface area contributed by atoms with Crippen molar-refractivity contribution in [1.82, 2.24) is 4.57 Å². The maximum atomic E-state index is 13.4. The van der Waals surface area contributed by atoms with Crippen LogP contribution in [0.15, 0.2) is 90.2 Å². The molecule has 1 aromatic heterocycles. The second kappa shape index (κ2) is 6.96. The summed E-state index contributed by atoms with van der Waals surface area (Å²) in [6, 6.07) is 22.8. The van der Waals surface area contributed by atoms with Gasteiger partial charge in [-0.3, -0.25) is 9.36 Å². The van der Waals surface area contributed by atoms with Gasteiger partial charge in [-0.15, -0.1) is 0 Å². The maximum Gasteiger partial charge on any atom is 0.268 e. The number of aromatic nitrogens is 1. The van der Waals surface area contributed by atoms with Crippen LogP contribution < -0.4 is 10.9 Å². The number of fused-ring (bicyclic) bond motifs is 1. The molecule has 3 N–H and O–H groups in total. The second-order valence-electron chi connectivity index (χ2n) is 6.37. The Bertz CT molecular complexity index is 1230. The lowest BCUT2D eigenvalue weighted by atomic mass is 10.1. The Labute approximate surface area is 161 Å². The van der Waals surface area contributed by atoms with Gasteiger partial charge in [0.25, 0.3) is 5.56 Å². The molecule has 138 valence electrons. The molecule has 5 heteroatoms. The van der Waals surface area contributed by atoms with Crippen molar-refractivity contribution in [3.8, 4) is 17.2 Å². The van der Waals surface area contributed by atoms with Crippen LogP contribution in [0, 0.1) is 0 Å². The number of para-hydroxylation sites is 2. The molecule has 0 radical (unpaired) electrons. The fourth-order valence-electron chi connectivity index (χ4n) is 3.21. The zero-order chi connectivity index (χ0) is 19.7. The number of phenolic OH excluding ortho intramolecular Hbond substituents is 1. The Kier molecular flexibility index (Phi) is 4.33. The van der Waals surface area contributed by atoms with Gasteiger partial charge in [-0.25, -0.2) is 0 Å². The van der Waals surface area contributed by atoms with Crippen molar-refractivity contribution >= 4 is 22.3 Å². The molecule has 0 saturated heterocycles. The quantitative estimate of drug-likeness (QED) is 0.463. The molecule has 0 aliphatic rings. The van der Waals surface area contributed by atoms with Gasteiger partial charge in [0.2, 0.25) is 0 Å². The molecule has 0 aliphatic heterocycles. The van der Waals surface area contributed by atoms with Gasteiger partial charge in [0.15, 0.2) is 0 Å². The van der Waals surface area contributed by atoms with E-state index in [1.165, 1.54) is 12.1 Å². The molecule has 0 fully saturated rings. The molecule has 0 atom stereocenters. The van der Waals surface area contributed by atoms with E-state index in [9.17, 15) is 15.0 Å². The monoisotopic (exact) mass is 370 g/mol. The predicted molar refractivity (Wildman–Crippen MR) is 112 cm³/mol. The molecule has 0 spiro atoms. The van der Waals surface area contributed by atoms with Crippen LogP contribution >= 0.6 is 0 Å². The van der Waals surface area contributed by atoms with Crippen molar-refractivity contribution in [3.05, 3.63) is 101 Å². The number of phenols is 1. The highest BCUT2D eigenvalue weighted by molar-refractivity contribution is 5.93. The lowest BCUT2D eigenvalue weighted by Crippen LogP contribution is -2.24. The molecule has 3 aromatic carbocycles. The average Bonchev–Trinajstić information content (AvgIpc) is 2.71. The first-order valence-corrected chi connectivity index (χ1v) is 8.74. The van der Waals surface area contributed by atoms with E-state index in [1.54, 1.807) is 28.8 Å². The van der Waals surface area contributed by atoms with Crippen LogP contribution in [-0.4, -0.2) is 14.8 Å². The lowest BCUT2D eigenvalue weighted by Gasteiger charge is -2.17. The molecule has 0 bridgehead atoms. The summed E-state index contributed by atoms with van der Waals surface area (Å²) in [6.45, 7) is 3.96. The predicted octanol–water partition coefficient (Wildman–Crippen LogP) is 4.48. The van der Waals surface area contributed by atoms with E-state index in [2.05, 4.69) is 11.9 Å². The van der Waals surface area contributed by atoms with Gasteiger partial charge in [-0.2, -0.15) is 0 Å². The Morgan fingerprint density at radius 3 is 2.21 bits per heavy atom. The first-order valence-electron chi connectivity index (χ1n) is 8.74. The van der Waals surface area contributed by atoms with Crippen molar-refractivity contribution in [2.75, 3.05) is 5.32 Å². The summed E-state index contributed by atoms with van der Waals surface area (Å²) >= 11 is 0. The third kappa shape index (κ3) is 2.99. The number of rotatable bonds is 4. The van der Waals surface area contributed by atoms with Crippen molar-refractivity contribution in [1.29, 1.82) is 0 Å². The highest BCUT2D eigenvalue weighted by Crippen LogP contribution is 2.31. The van der Waals surface area contributed by atoms with Gasteiger partial charge < -0.3 is 15.5 Å². The molecule has 0 aliphatic carbocycles. The minimum atomic E-state index is -0.376. The highest BCUT2D eigenvalue weighted by Gasteiger charge is 2.19. The summed E-state index contributed by atoms with van der Waals surface area (Å²) < 4.78 is 1.56. The average molecular weight is 370 g/mol. The van der Waals surface area contributed by atoms with Crippen LogP contribution in [-0.2, 0) is 0 Å². The molecule has 0 amide bonds. The first-order chi connectivity index (χ1) is 13.6. The number of hydrogen-bond acceptors (Lipinski definition) is 4. The number of hydrogen-bond donors (Lipinski definition) is 3. The number of aromatic hydroxyl groups is 2. The van der Waals surface area contributed by atoms with Crippen LogP contribution in [0.25, 0.3) is 22.3 Å². The molecule has 1 heterocycles. The summed E-state index contributed by atoms with van der Waals surface area (Å²) in [7, 11) is 0. The van der Waals surface area contributed by atoms with Crippen molar-refractivity contribution in [2.45, 2.75) is 0 Å². The first kappa shape index (κ1) is 17.4. The largest absolute Gasteiger partial charge is 0.508 e. The molecule has 4 rings (SSSR count). The maximum absolute atomic E-state index is 13.4.